The monoisotopic (exact) mass is 367 g/mol. The van der Waals surface area contributed by atoms with Crippen molar-refractivity contribution in [1.82, 2.24) is 5.32 Å². The molecule has 0 radical (unpaired) electrons. The smallest absolute Gasteiger partial charge is 0.327 e. The highest BCUT2D eigenvalue weighted by Crippen LogP contribution is 2.23. The van der Waals surface area contributed by atoms with Gasteiger partial charge in [0.25, 0.3) is 0 Å². The molecule has 3 nitrogen and oxygen atoms in total. The van der Waals surface area contributed by atoms with E-state index in [0.29, 0.717) is 11.6 Å². The molecule has 0 bridgehead atoms. The Kier molecular flexibility index (Phi) is 5.79. The number of methoxy groups -OCH3 is 1. The Morgan fingerprint density at radius 2 is 2.00 bits per heavy atom. The molecular weight excluding hydrogens is 354 g/mol. The van der Waals surface area contributed by atoms with Crippen LogP contribution in [0.4, 0.5) is 0 Å². The first kappa shape index (κ1) is 16.0. The molecule has 21 heavy (non-hydrogen) atoms. The number of nitrogens with one attached hydrogen (secondary N) is 1. The Morgan fingerprint density at radius 1 is 1.29 bits per heavy atom. The van der Waals surface area contributed by atoms with Crippen molar-refractivity contribution in [3.63, 3.8) is 0 Å². The molecule has 0 saturated heterocycles. The summed E-state index contributed by atoms with van der Waals surface area (Å²) in [6, 6.07) is 14.5. The molecule has 1 atom stereocenters. The summed E-state index contributed by atoms with van der Waals surface area (Å²) in [5.74, 6) is -0.314. The summed E-state index contributed by atoms with van der Waals surface area (Å²) < 4.78 is 5.77. The molecule has 0 aromatic heterocycles. The number of carbonyl (C=O) groups is 1. The molecule has 1 N–H and O–H groups in total. The average molecular weight is 369 g/mol. The number of hydrogen-bond acceptors (Lipinski definition) is 3. The Bertz CT molecular complexity index is 619. The van der Waals surface area contributed by atoms with Crippen LogP contribution in [0.3, 0.4) is 0 Å². The Labute approximate surface area is 137 Å². The summed E-state index contributed by atoms with van der Waals surface area (Å²) in [7, 11) is 1.39. The maximum atomic E-state index is 12.0. The summed E-state index contributed by atoms with van der Waals surface area (Å²) in [6.07, 6.45) is 0. The van der Waals surface area contributed by atoms with E-state index >= 15 is 0 Å². The molecule has 2 rings (SSSR count). The number of esters is 1. The minimum absolute atomic E-state index is 0.314. The summed E-state index contributed by atoms with van der Waals surface area (Å²) in [6.45, 7) is 0.520. The Hall–Kier alpha value is -1.36. The van der Waals surface area contributed by atoms with Gasteiger partial charge in [-0.1, -0.05) is 63.9 Å². The van der Waals surface area contributed by atoms with Gasteiger partial charge in [-0.15, -0.1) is 0 Å². The van der Waals surface area contributed by atoms with Crippen LogP contribution in [0.2, 0.25) is 5.02 Å². The third-order valence-electron chi connectivity index (χ3n) is 3.08. The van der Waals surface area contributed by atoms with Crippen LogP contribution in [0, 0.1) is 0 Å². The van der Waals surface area contributed by atoms with Crippen molar-refractivity contribution in [1.29, 1.82) is 0 Å². The van der Waals surface area contributed by atoms with Gasteiger partial charge in [0.1, 0.15) is 6.04 Å². The highest BCUT2D eigenvalue weighted by atomic mass is 79.9. The molecule has 0 saturated carbocycles. The van der Waals surface area contributed by atoms with Crippen LogP contribution in [-0.2, 0) is 16.1 Å². The van der Waals surface area contributed by atoms with E-state index in [4.69, 9.17) is 16.3 Å². The average Bonchev–Trinajstić information content (AvgIpc) is 2.50. The van der Waals surface area contributed by atoms with E-state index < -0.39 is 6.04 Å². The third kappa shape index (κ3) is 4.30. The summed E-state index contributed by atoms with van der Waals surface area (Å²) in [4.78, 5) is 12.0. The number of benzene rings is 2. The van der Waals surface area contributed by atoms with Gasteiger partial charge < -0.3 is 4.74 Å². The van der Waals surface area contributed by atoms with E-state index in [-0.39, 0.29) is 5.97 Å². The lowest BCUT2D eigenvalue weighted by Crippen LogP contribution is -2.29. The number of hydrogen-bond donors (Lipinski definition) is 1. The predicted molar refractivity (Wildman–Crippen MR) is 87.2 cm³/mol. The first-order chi connectivity index (χ1) is 10.1. The van der Waals surface area contributed by atoms with Crippen molar-refractivity contribution < 1.29 is 9.53 Å². The molecule has 5 heteroatoms. The van der Waals surface area contributed by atoms with Crippen LogP contribution in [0.1, 0.15) is 17.2 Å². The van der Waals surface area contributed by atoms with Crippen LogP contribution in [0.5, 0.6) is 0 Å². The van der Waals surface area contributed by atoms with Crippen LogP contribution in [0.25, 0.3) is 0 Å². The molecule has 0 aliphatic heterocycles. The first-order valence-electron chi connectivity index (χ1n) is 6.42. The minimum Gasteiger partial charge on any atom is -0.468 e. The zero-order chi connectivity index (χ0) is 15.2. The lowest BCUT2D eigenvalue weighted by atomic mass is 10.1. The second-order valence-corrected chi connectivity index (χ2v) is 5.77. The van der Waals surface area contributed by atoms with E-state index in [9.17, 15) is 4.79 Å². The van der Waals surface area contributed by atoms with E-state index in [1.807, 2.05) is 48.5 Å². The van der Waals surface area contributed by atoms with Gasteiger partial charge >= 0.3 is 5.97 Å². The Balaban J connectivity index is 2.15. The fraction of sp³-hybridized carbons (Fsp3) is 0.188. The van der Waals surface area contributed by atoms with Gasteiger partial charge in [0.05, 0.1) is 7.11 Å². The fourth-order valence-electron chi connectivity index (χ4n) is 1.98. The maximum Gasteiger partial charge on any atom is 0.327 e. The molecule has 0 aliphatic carbocycles. The second kappa shape index (κ2) is 7.59. The summed E-state index contributed by atoms with van der Waals surface area (Å²) in [5, 5.41) is 3.88. The molecule has 0 heterocycles. The van der Waals surface area contributed by atoms with Crippen molar-refractivity contribution in [2.75, 3.05) is 7.11 Å². The second-order valence-electron chi connectivity index (χ2n) is 4.48. The van der Waals surface area contributed by atoms with Crippen molar-refractivity contribution in [3.05, 3.63) is 69.2 Å². The van der Waals surface area contributed by atoms with E-state index in [2.05, 4.69) is 21.2 Å². The SMILES string of the molecule is COC(=O)C(NCc1ccc(Cl)cc1Br)c1ccccc1. The molecule has 2 aromatic rings. The predicted octanol–water partition coefficient (Wildman–Crippen LogP) is 4.11. The summed E-state index contributed by atoms with van der Waals surface area (Å²) in [5.41, 5.74) is 1.89. The van der Waals surface area contributed by atoms with Crippen LogP contribution >= 0.6 is 27.5 Å². The van der Waals surface area contributed by atoms with Gasteiger partial charge in [-0.3, -0.25) is 5.32 Å². The topological polar surface area (TPSA) is 38.3 Å². The fourth-order valence-corrected chi connectivity index (χ4v) is 2.80. The molecule has 0 spiro atoms. The Morgan fingerprint density at radius 3 is 2.62 bits per heavy atom. The zero-order valence-corrected chi connectivity index (χ0v) is 13.8. The molecule has 0 amide bonds. The summed E-state index contributed by atoms with van der Waals surface area (Å²) >= 11 is 9.39. The van der Waals surface area contributed by atoms with Crippen LogP contribution < -0.4 is 5.32 Å². The van der Waals surface area contributed by atoms with Gasteiger partial charge in [0, 0.05) is 16.0 Å². The van der Waals surface area contributed by atoms with E-state index in [0.717, 1.165) is 15.6 Å². The van der Waals surface area contributed by atoms with Crippen molar-refractivity contribution in [2.45, 2.75) is 12.6 Å². The number of halogens is 2. The lowest BCUT2D eigenvalue weighted by molar-refractivity contribution is -0.143. The largest absolute Gasteiger partial charge is 0.468 e. The van der Waals surface area contributed by atoms with Gasteiger partial charge in [-0.25, -0.2) is 4.79 Å². The number of ether oxygens (including phenoxy) is 1. The molecule has 0 aliphatic rings. The highest BCUT2D eigenvalue weighted by Gasteiger charge is 2.20. The van der Waals surface area contributed by atoms with Gasteiger partial charge in [-0.2, -0.15) is 0 Å². The third-order valence-corrected chi connectivity index (χ3v) is 4.05. The van der Waals surface area contributed by atoms with Crippen LogP contribution in [-0.4, -0.2) is 13.1 Å². The van der Waals surface area contributed by atoms with E-state index in [1.54, 1.807) is 0 Å². The molecule has 0 fully saturated rings. The van der Waals surface area contributed by atoms with Crippen molar-refractivity contribution >= 4 is 33.5 Å². The first-order valence-corrected chi connectivity index (χ1v) is 7.59. The van der Waals surface area contributed by atoms with Gasteiger partial charge in [0.15, 0.2) is 0 Å². The quantitative estimate of drug-likeness (QED) is 0.807. The lowest BCUT2D eigenvalue weighted by Gasteiger charge is -2.17. The maximum absolute atomic E-state index is 12.0. The molecule has 110 valence electrons. The molecule has 2 aromatic carbocycles. The van der Waals surface area contributed by atoms with Crippen molar-refractivity contribution in [2.24, 2.45) is 0 Å². The number of carbonyl (C=O) groups excluding carboxylic acids is 1. The minimum atomic E-state index is -0.501. The standard InChI is InChI=1S/C16H15BrClNO2/c1-21-16(20)15(11-5-3-2-4-6-11)19-10-12-7-8-13(18)9-14(12)17/h2-9,15,19H,10H2,1H3. The van der Waals surface area contributed by atoms with Gasteiger partial charge in [0.2, 0.25) is 0 Å². The van der Waals surface area contributed by atoms with Crippen LogP contribution in [0.15, 0.2) is 53.0 Å². The molecular formula is C16H15BrClNO2. The molecule has 1 unspecified atom stereocenters. The van der Waals surface area contributed by atoms with Crippen molar-refractivity contribution in [3.8, 4) is 0 Å². The van der Waals surface area contributed by atoms with E-state index in [1.165, 1.54) is 7.11 Å². The highest BCUT2D eigenvalue weighted by molar-refractivity contribution is 9.10. The number of rotatable bonds is 5. The van der Waals surface area contributed by atoms with Gasteiger partial charge in [-0.05, 0) is 23.3 Å². The normalized spacial score (nSPS) is 12.0. The zero-order valence-electron chi connectivity index (χ0n) is 11.5.